The first-order valence-corrected chi connectivity index (χ1v) is 8.85. The minimum absolute atomic E-state index is 0.0888. The lowest BCUT2D eigenvalue weighted by atomic mass is 9.95. The molecule has 0 bridgehead atoms. The van der Waals surface area contributed by atoms with E-state index >= 15 is 0 Å². The van der Waals surface area contributed by atoms with Crippen molar-refractivity contribution in [3.63, 3.8) is 0 Å². The Hall–Kier alpha value is -3.13. The van der Waals surface area contributed by atoms with Crippen molar-refractivity contribution in [3.8, 4) is 17.2 Å². The second kappa shape index (κ2) is 8.30. The number of likely N-dealkylation sites (tertiary alicyclic amines) is 1. The molecule has 3 rings (SSSR count). The topological polar surface area (TPSA) is 73.2 Å². The van der Waals surface area contributed by atoms with Crippen LogP contribution in [0.3, 0.4) is 0 Å². The maximum atomic E-state index is 12.6. The number of hydrogen-bond donors (Lipinski definition) is 1. The molecule has 0 spiro atoms. The van der Waals surface area contributed by atoms with Crippen LogP contribution < -0.4 is 5.32 Å². The molecule has 1 heterocycles. The maximum absolute atomic E-state index is 12.6. The van der Waals surface area contributed by atoms with Crippen molar-refractivity contribution >= 4 is 11.8 Å². The summed E-state index contributed by atoms with van der Waals surface area (Å²) < 4.78 is 0. The van der Waals surface area contributed by atoms with Crippen LogP contribution in [0.1, 0.15) is 35.2 Å². The Labute approximate surface area is 153 Å². The zero-order chi connectivity index (χ0) is 18.4. The van der Waals surface area contributed by atoms with Crippen molar-refractivity contribution in [2.24, 2.45) is 0 Å². The highest BCUT2D eigenvalue weighted by Crippen LogP contribution is 2.26. The Morgan fingerprint density at radius 2 is 1.65 bits per heavy atom. The van der Waals surface area contributed by atoms with Gasteiger partial charge in [-0.2, -0.15) is 5.26 Å². The fourth-order valence-corrected chi connectivity index (χ4v) is 3.23. The molecule has 0 unspecified atom stereocenters. The summed E-state index contributed by atoms with van der Waals surface area (Å²) in [6.07, 6.45) is 2.43. The van der Waals surface area contributed by atoms with Gasteiger partial charge in [-0.15, -0.1) is 0 Å². The molecule has 0 aliphatic carbocycles. The lowest BCUT2D eigenvalue weighted by Gasteiger charge is -2.15. The summed E-state index contributed by atoms with van der Waals surface area (Å²) >= 11 is 0. The van der Waals surface area contributed by atoms with Crippen molar-refractivity contribution < 1.29 is 9.59 Å². The highest BCUT2D eigenvalue weighted by Gasteiger charge is 2.18. The molecule has 1 saturated heterocycles. The zero-order valence-corrected chi connectivity index (χ0v) is 14.6. The van der Waals surface area contributed by atoms with Gasteiger partial charge in [0, 0.05) is 37.2 Å². The minimum Gasteiger partial charge on any atom is -0.352 e. The van der Waals surface area contributed by atoms with Gasteiger partial charge in [-0.05, 0) is 30.5 Å². The maximum Gasteiger partial charge on any atom is 0.251 e. The predicted octanol–water partition coefficient (Wildman–Crippen LogP) is 2.97. The molecule has 0 aromatic heterocycles. The molecule has 132 valence electrons. The average Bonchev–Trinajstić information content (AvgIpc) is 3.22. The Balaban J connectivity index is 1.70. The standard InChI is InChI=1S/C21H21N3O2/c22-15-16-7-1-2-8-17(16)18-9-3-4-10-19(18)21(26)23-12-11-20(25)24-13-5-6-14-24/h1-4,7-10H,5-6,11-14H2,(H,23,26). The van der Waals surface area contributed by atoms with E-state index in [0.717, 1.165) is 31.5 Å². The van der Waals surface area contributed by atoms with Crippen LogP contribution in [0.15, 0.2) is 48.5 Å². The minimum atomic E-state index is -0.234. The SMILES string of the molecule is N#Cc1ccccc1-c1ccccc1C(=O)NCCC(=O)N1CCCC1. The monoisotopic (exact) mass is 347 g/mol. The van der Waals surface area contributed by atoms with E-state index in [0.29, 0.717) is 29.7 Å². The van der Waals surface area contributed by atoms with Gasteiger partial charge in [-0.1, -0.05) is 36.4 Å². The fraction of sp³-hybridized carbons (Fsp3) is 0.286. The van der Waals surface area contributed by atoms with E-state index in [1.54, 1.807) is 24.3 Å². The molecule has 0 atom stereocenters. The molecule has 5 nitrogen and oxygen atoms in total. The van der Waals surface area contributed by atoms with Crippen LogP contribution in [0.2, 0.25) is 0 Å². The van der Waals surface area contributed by atoms with Crippen molar-refractivity contribution in [1.82, 2.24) is 10.2 Å². The number of nitrogens with one attached hydrogen (secondary N) is 1. The molecule has 2 amide bonds. The van der Waals surface area contributed by atoms with Gasteiger partial charge in [0.25, 0.3) is 5.91 Å². The largest absolute Gasteiger partial charge is 0.352 e. The molecular formula is C21H21N3O2. The molecule has 2 aromatic rings. The van der Waals surface area contributed by atoms with Gasteiger partial charge in [0.2, 0.25) is 5.91 Å². The van der Waals surface area contributed by atoms with Crippen LogP contribution in [-0.2, 0) is 4.79 Å². The van der Waals surface area contributed by atoms with Crippen LogP contribution in [0.5, 0.6) is 0 Å². The first kappa shape index (κ1) is 17.7. The van der Waals surface area contributed by atoms with Gasteiger partial charge in [-0.25, -0.2) is 0 Å². The van der Waals surface area contributed by atoms with Crippen molar-refractivity contribution in [3.05, 3.63) is 59.7 Å². The lowest BCUT2D eigenvalue weighted by Crippen LogP contribution is -2.32. The summed E-state index contributed by atoms with van der Waals surface area (Å²) in [4.78, 5) is 26.5. The Kier molecular flexibility index (Phi) is 5.65. The van der Waals surface area contributed by atoms with Crippen LogP contribution >= 0.6 is 0 Å². The van der Waals surface area contributed by atoms with Gasteiger partial charge in [0.15, 0.2) is 0 Å². The fourth-order valence-electron chi connectivity index (χ4n) is 3.23. The second-order valence-corrected chi connectivity index (χ2v) is 6.30. The quantitative estimate of drug-likeness (QED) is 0.904. The third-order valence-electron chi connectivity index (χ3n) is 4.59. The summed E-state index contributed by atoms with van der Waals surface area (Å²) in [7, 11) is 0. The summed E-state index contributed by atoms with van der Waals surface area (Å²) in [6.45, 7) is 1.95. The molecule has 1 fully saturated rings. The molecule has 1 aliphatic rings. The molecule has 5 heteroatoms. The highest BCUT2D eigenvalue weighted by atomic mass is 16.2. The number of nitriles is 1. The molecular weight excluding hydrogens is 326 g/mol. The van der Waals surface area contributed by atoms with Crippen molar-refractivity contribution in [2.75, 3.05) is 19.6 Å². The van der Waals surface area contributed by atoms with Gasteiger partial charge in [0.05, 0.1) is 11.6 Å². The molecule has 0 saturated carbocycles. The average molecular weight is 347 g/mol. The smallest absolute Gasteiger partial charge is 0.251 e. The van der Waals surface area contributed by atoms with Gasteiger partial charge >= 0.3 is 0 Å². The van der Waals surface area contributed by atoms with E-state index in [-0.39, 0.29) is 11.8 Å². The van der Waals surface area contributed by atoms with E-state index < -0.39 is 0 Å². The first-order valence-electron chi connectivity index (χ1n) is 8.85. The van der Waals surface area contributed by atoms with E-state index in [9.17, 15) is 14.9 Å². The summed E-state index contributed by atoms with van der Waals surface area (Å²) in [5.74, 6) is -0.145. The number of rotatable bonds is 5. The van der Waals surface area contributed by atoms with Gasteiger partial charge in [-0.3, -0.25) is 9.59 Å². The molecule has 1 aliphatic heterocycles. The molecule has 0 radical (unpaired) electrons. The normalized spacial score (nSPS) is 13.3. The number of benzene rings is 2. The molecule has 2 aromatic carbocycles. The van der Waals surface area contributed by atoms with Crippen molar-refractivity contribution in [1.29, 1.82) is 5.26 Å². The van der Waals surface area contributed by atoms with Gasteiger partial charge < -0.3 is 10.2 Å². The molecule has 26 heavy (non-hydrogen) atoms. The summed E-state index contributed by atoms with van der Waals surface area (Å²) in [6, 6.07) is 16.6. The van der Waals surface area contributed by atoms with Crippen LogP contribution in [0.25, 0.3) is 11.1 Å². The van der Waals surface area contributed by atoms with E-state index in [4.69, 9.17) is 0 Å². The van der Waals surface area contributed by atoms with E-state index in [1.807, 2.05) is 29.2 Å². The summed E-state index contributed by atoms with van der Waals surface area (Å²) in [5.41, 5.74) is 2.47. The third kappa shape index (κ3) is 3.92. The number of hydrogen-bond acceptors (Lipinski definition) is 3. The second-order valence-electron chi connectivity index (χ2n) is 6.30. The van der Waals surface area contributed by atoms with E-state index in [1.165, 1.54) is 0 Å². The number of carbonyl (C=O) groups excluding carboxylic acids is 2. The van der Waals surface area contributed by atoms with Crippen LogP contribution in [0.4, 0.5) is 0 Å². The Morgan fingerprint density at radius 3 is 2.38 bits per heavy atom. The highest BCUT2D eigenvalue weighted by molar-refractivity contribution is 6.01. The van der Waals surface area contributed by atoms with Crippen LogP contribution in [0, 0.1) is 11.3 Å². The number of amides is 2. The zero-order valence-electron chi connectivity index (χ0n) is 14.6. The Bertz CT molecular complexity index is 848. The summed E-state index contributed by atoms with van der Waals surface area (Å²) in [5, 5.41) is 12.2. The van der Waals surface area contributed by atoms with Crippen LogP contribution in [-0.4, -0.2) is 36.3 Å². The Morgan fingerprint density at radius 1 is 1.00 bits per heavy atom. The molecule has 1 N–H and O–H groups in total. The lowest BCUT2D eigenvalue weighted by molar-refractivity contribution is -0.129. The van der Waals surface area contributed by atoms with E-state index in [2.05, 4.69) is 11.4 Å². The third-order valence-corrected chi connectivity index (χ3v) is 4.59. The number of nitrogens with zero attached hydrogens (tertiary/aromatic N) is 2. The predicted molar refractivity (Wildman–Crippen MR) is 99.4 cm³/mol. The first-order chi connectivity index (χ1) is 12.7. The number of carbonyl (C=O) groups is 2. The van der Waals surface area contributed by atoms with Crippen molar-refractivity contribution in [2.45, 2.75) is 19.3 Å². The van der Waals surface area contributed by atoms with Gasteiger partial charge in [0.1, 0.15) is 0 Å².